The second-order valence-corrected chi connectivity index (χ2v) is 5.26. The Hall–Kier alpha value is -1.09. The minimum Gasteiger partial charge on any atom is -0.490 e. The minimum absolute atomic E-state index is 0. The SMILES string of the molecule is CN=C(NCCOCCC(C)C)NCCOc1cccnc1.I. The summed E-state index contributed by atoms with van der Waals surface area (Å²) in [7, 11) is 1.75. The van der Waals surface area contributed by atoms with Gasteiger partial charge in [0.1, 0.15) is 12.4 Å². The van der Waals surface area contributed by atoms with E-state index in [-0.39, 0.29) is 24.0 Å². The molecule has 23 heavy (non-hydrogen) atoms. The van der Waals surface area contributed by atoms with E-state index in [9.17, 15) is 0 Å². The maximum atomic E-state index is 5.55. The molecule has 1 rings (SSSR count). The number of nitrogens with zero attached hydrogens (tertiary/aromatic N) is 2. The molecule has 0 aliphatic heterocycles. The summed E-state index contributed by atoms with van der Waals surface area (Å²) in [4.78, 5) is 8.14. The summed E-state index contributed by atoms with van der Waals surface area (Å²) >= 11 is 0. The van der Waals surface area contributed by atoms with Gasteiger partial charge in [-0.2, -0.15) is 0 Å². The molecule has 132 valence electrons. The molecule has 0 aliphatic rings. The van der Waals surface area contributed by atoms with Gasteiger partial charge in [-0.25, -0.2) is 0 Å². The summed E-state index contributed by atoms with van der Waals surface area (Å²) in [5.41, 5.74) is 0. The standard InChI is InChI=1S/C16H28N4O2.HI/c1-14(2)6-10-21-11-8-19-16(17-3)20-9-12-22-15-5-4-7-18-13-15;/h4-5,7,13-14H,6,8-12H2,1-3H3,(H2,17,19,20);1H. The molecule has 0 unspecified atom stereocenters. The predicted octanol–water partition coefficient (Wildman–Crippen LogP) is 2.31. The Balaban J connectivity index is 0.00000484. The highest BCUT2D eigenvalue weighted by molar-refractivity contribution is 14.0. The first-order valence-corrected chi connectivity index (χ1v) is 7.77. The highest BCUT2D eigenvalue weighted by atomic mass is 127. The lowest BCUT2D eigenvalue weighted by Gasteiger charge is -2.13. The molecule has 7 heteroatoms. The van der Waals surface area contributed by atoms with E-state index in [0.29, 0.717) is 25.7 Å². The minimum atomic E-state index is 0. The van der Waals surface area contributed by atoms with Crippen LogP contribution in [0.15, 0.2) is 29.5 Å². The molecule has 0 saturated carbocycles. The zero-order chi connectivity index (χ0) is 16.0. The van der Waals surface area contributed by atoms with Gasteiger partial charge in [0, 0.05) is 26.4 Å². The zero-order valence-corrected chi connectivity index (χ0v) is 16.6. The van der Waals surface area contributed by atoms with Gasteiger partial charge in [0.2, 0.25) is 0 Å². The number of pyridine rings is 1. The van der Waals surface area contributed by atoms with Crippen LogP contribution in [-0.2, 0) is 4.74 Å². The summed E-state index contributed by atoms with van der Waals surface area (Å²) in [6.07, 6.45) is 4.51. The molecule has 1 aromatic heterocycles. The molecular formula is C16H29IN4O2. The summed E-state index contributed by atoms with van der Waals surface area (Å²) in [5, 5.41) is 6.39. The van der Waals surface area contributed by atoms with Crippen LogP contribution in [0.25, 0.3) is 0 Å². The lowest BCUT2D eigenvalue weighted by Crippen LogP contribution is -2.40. The Kier molecular flexibility index (Phi) is 13.8. The van der Waals surface area contributed by atoms with Crippen LogP contribution in [0, 0.1) is 5.92 Å². The third-order valence-corrected chi connectivity index (χ3v) is 2.90. The number of hydrogen-bond acceptors (Lipinski definition) is 4. The molecule has 0 bridgehead atoms. The molecule has 2 N–H and O–H groups in total. The van der Waals surface area contributed by atoms with E-state index in [1.165, 1.54) is 0 Å². The topological polar surface area (TPSA) is 67.8 Å². The van der Waals surface area contributed by atoms with Gasteiger partial charge in [-0.3, -0.25) is 9.98 Å². The number of aliphatic imine (C=N–C) groups is 1. The van der Waals surface area contributed by atoms with Gasteiger partial charge in [-0.05, 0) is 24.5 Å². The van der Waals surface area contributed by atoms with E-state index in [1.807, 2.05) is 12.1 Å². The first kappa shape index (κ1) is 21.9. The number of nitrogens with one attached hydrogen (secondary N) is 2. The molecule has 0 amide bonds. The summed E-state index contributed by atoms with van der Waals surface area (Å²) < 4.78 is 11.1. The lowest BCUT2D eigenvalue weighted by atomic mass is 10.1. The van der Waals surface area contributed by atoms with Crippen molar-refractivity contribution in [2.45, 2.75) is 20.3 Å². The van der Waals surface area contributed by atoms with Crippen LogP contribution in [0.3, 0.4) is 0 Å². The Morgan fingerprint density at radius 3 is 2.57 bits per heavy atom. The van der Waals surface area contributed by atoms with Crippen molar-refractivity contribution in [2.24, 2.45) is 10.9 Å². The van der Waals surface area contributed by atoms with Gasteiger partial charge in [0.25, 0.3) is 0 Å². The third-order valence-electron chi connectivity index (χ3n) is 2.90. The maximum Gasteiger partial charge on any atom is 0.191 e. The van der Waals surface area contributed by atoms with Crippen LogP contribution < -0.4 is 15.4 Å². The lowest BCUT2D eigenvalue weighted by molar-refractivity contribution is 0.128. The van der Waals surface area contributed by atoms with Gasteiger partial charge >= 0.3 is 0 Å². The van der Waals surface area contributed by atoms with Crippen LogP contribution in [0.5, 0.6) is 5.75 Å². The fourth-order valence-corrected chi connectivity index (χ4v) is 1.65. The fourth-order valence-electron chi connectivity index (χ4n) is 1.65. The van der Waals surface area contributed by atoms with Gasteiger partial charge in [-0.1, -0.05) is 13.8 Å². The quantitative estimate of drug-likeness (QED) is 0.255. The number of hydrogen-bond donors (Lipinski definition) is 2. The summed E-state index contributed by atoms with van der Waals surface area (Å²) in [5.74, 6) is 2.20. The van der Waals surface area contributed by atoms with Crippen LogP contribution in [-0.4, -0.2) is 50.9 Å². The van der Waals surface area contributed by atoms with Crippen molar-refractivity contribution in [1.82, 2.24) is 15.6 Å². The highest BCUT2D eigenvalue weighted by Gasteiger charge is 1.98. The Morgan fingerprint density at radius 2 is 1.96 bits per heavy atom. The van der Waals surface area contributed by atoms with Crippen LogP contribution in [0.2, 0.25) is 0 Å². The smallest absolute Gasteiger partial charge is 0.191 e. The molecule has 0 fully saturated rings. The first-order valence-electron chi connectivity index (χ1n) is 7.77. The van der Waals surface area contributed by atoms with Gasteiger partial charge in [0.05, 0.1) is 19.3 Å². The number of guanidine groups is 1. The maximum absolute atomic E-state index is 5.55. The molecule has 6 nitrogen and oxygen atoms in total. The molecular weight excluding hydrogens is 407 g/mol. The van der Waals surface area contributed by atoms with Gasteiger partial charge < -0.3 is 20.1 Å². The number of halogens is 1. The van der Waals surface area contributed by atoms with Crippen molar-refractivity contribution >= 4 is 29.9 Å². The van der Waals surface area contributed by atoms with E-state index in [1.54, 1.807) is 19.4 Å². The fraction of sp³-hybridized carbons (Fsp3) is 0.625. The first-order chi connectivity index (χ1) is 10.7. The van der Waals surface area contributed by atoms with Crippen molar-refractivity contribution in [3.05, 3.63) is 24.5 Å². The van der Waals surface area contributed by atoms with Crippen molar-refractivity contribution in [2.75, 3.05) is 40.0 Å². The number of ether oxygens (including phenoxy) is 2. The second-order valence-electron chi connectivity index (χ2n) is 5.26. The Morgan fingerprint density at radius 1 is 1.22 bits per heavy atom. The molecule has 1 aromatic rings. The monoisotopic (exact) mass is 436 g/mol. The Labute approximate surface area is 156 Å². The Bertz CT molecular complexity index is 416. The van der Waals surface area contributed by atoms with Crippen LogP contribution in [0.1, 0.15) is 20.3 Å². The van der Waals surface area contributed by atoms with Crippen molar-refractivity contribution in [3.8, 4) is 5.75 Å². The molecule has 0 atom stereocenters. The molecule has 0 saturated heterocycles. The third kappa shape index (κ3) is 12.1. The van der Waals surface area contributed by atoms with Crippen molar-refractivity contribution in [1.29, 1.82) is 0 Å². The van der Waals surface area contributed by atoms with Crippen LogP contribution >= 0.6 is 24.0 Å². The average molecular weight is 436 g/mol. The molecule has 0 aliphatic carbocycles. The molecule has 0 spiro atoms. The molecule has 1 heterocycles. The van der Waals surface area contributed by atoms with Crippen LogP contribution in [0.4, 0.5) is 0 Å². The van der Waals surface area contributed by atoms with E-state index >= 15 is 0 Å². The molecule has 0 aromatic carbocycles. The highest BCUT2D eigenvalue weighted by Crippen LogP contribution is 2.04. The average Bonchev–Trinajstić information content (AvgIpc) is 2.53. The van der Waals surface area contributed by atoms with Gasteiger partial charge in [0.15, 0.2) is 5.96 Å². The second kappa shape index (κ2) is 14.5. The number of aromatic nitrogens is 1. The van der Waals surface area contributed by atoms with E-state index in [0.717, 1.165) is 31.3 Å². The molecule has 0 radical (unpaired) electrons. The zero-order valence-electron chi connectivity index (χ0n) is 14.2. The summed E-state index contributed by atoms with van der Waals surface area (Å²) in [6, 6.07) is 3.73. The summed E-state index contributed by atoms with van der Waals surface area (Å²) in [6.45, 7) is 7.84. The van der Waals surface area contributed by atoms with E-state index < -0.39 is 0 Å². The van der Waals surface area contributed by atoms with Crippen molar-refractivity contribution < 1.29 is 9.47 Å². The normalized spacial score (nSPS) is 11.0. The largest absolute Gasteiger partial charge is 0.490 e. The van der Waals surface area contributed by atoms with Crippen molar-refractivity contribution in [3.63, 3.8) is 0 Å². The van der Waals surface area contributed by atoms with E-state index in [4.69, 9.17) is 9.47 Å². The van der Waals surface area contributed by atoms with Gasteiger partial charge in [-0.15, -0.1) is 24.0 Å². The van der Waals surface area contributed by atoms with E-state index in [2.05, 4.69) is 34.5 Å². The predicted molar refractivity (Wildman–Crippen MR) is 105 cm³/mol. The number of rotatable bonds is 10.